The molecule has 2 nitrogen and oxygen atoms in total. The van der Waals surface area contributed by atoms with E-state index >= 15 is 0 Å². The fourth-order valence-corrected chi connectivity index (χ4v) is 1.38. The zero-order valence-corrected chi connectivity index (χ0v) is 9.71. The van der Waals surface area contributed by atoms with Gasteiger partial charge in [0.2, 0.25) is 0 Å². The van der Waals surface area contributed by atoms with Crippen LogP contribution in [0.4, 0.5) is 4.39 Å². The Kier molecular flexibility index (Phi) is 4.32. The monoisotopic (exact) mass is 269 g/mol. The van der Waals surface area contributed by atoms with Crippen LogP contribution in [0, 0.1) is 17.1 Å². The van der Waals surface area contributed by atoms with Crippen molar-refractivity contribution in [1.82, 2.24) is 0 Å². The molecule has 4 heteroatoms. The molecule has 0 N–H and O–H groups in total. The summed E-state index contributed by atoms with van der Waals surface area (Å²) in [4.78, 5) is 0. The second-order valence-electron chi connectivity index (χ2n) is 2.73. The van der Waals surface area contributed by atoms with Crippen LogP contribution in [0.5, 0.6) is 5.75 Å². The molecule has 0 amide bonds. The number of hydrogen-bond acceptors (Lipinski definition) is 2. The fraction of sp³-hybridized carbons (Fsp3) is 0.182. The highest BCUT2D eigenvalue weighted by Gasteiger charge is 2.11. The Balaban J connectivity index is 2.93. The molecule has 0 fully saturated rings. The van der Waals surface area contributed by atoms with E-state index in [9.17, 15) is 4.39 Å². The van der Waals surface area contributed by atoms with Crippen LogP contribution in [-0.2, 0) is 0 Å². The third kappa shape index (κ3) is 2.80. The quantitative estimate of drug-likeness (QED) is 0.788. The molecule has 0 aliphatic heterocycles. The van der Waals surface area contributed by atoms with Crippen LogP contribution in [0.2, 0.25) is 0 Å². The van der Waals surface area contributed by atoms with Gasteiger partial charge in [0.25, 0.3) is 0 Å². The van der Waals surface area contributed by atoms with Gasteiger partial charge in [-0.2, -0.15) is 5.26 Å². The molecule has 1 rings (SSSR count). The lowest BCUT2D eigenvalue weighted by Crippen LogP contribution is -1.97. The number of rotatable bonds is 3. The molecule has 0 aromatic heterocycles. The van der Waals surface area contributed by atoms with Crippen LogP contribution in [0.1, 0.15) is 12.5 Å². The van der Waals surface area contributed by atoms with Crippen molar-refractivity contribution >= 4 is 15.9 Å². The Morgan fingerprint density at radius 1 is 1.60 bits per heavy atom. The predicted molar refractivity (Wildman–Crippen MR) is 59.1 cm³/mol. The van der Waals surface area contributed by atoms with Crippen LogP contribution in [-0.4, -0.2) is 6.61 Å². The molecule has 0 spiro atoms. The summed E-state index contributed by atoms with van der Waals surface area (Å²) < 4.78 is 18.8. The molecule has 0 radical (unpaired) electrons. The van der Waals surface area contributed by atoms with Crippen molar-refractivity contribution in [3.8, 4) is 11.8 Å². The predicted octanol–water partition coefficient (Wildman–Crippen LogP) is 3.41. The normalized spacial score (nSPS) is 10.3. The van der Waals surface area contributed by atoms with E-state index in [1.54, 1.807) is 6.08 Å². The molecule has 0 unspecified atom stereocenters. The Labute approximate surface area is 96.1 Å². The number of nitriles is 1. The van der Waals surface area contributed by atoms with Crippen molar-refractivity contribution in [1.29, 1.82) is 5.26 Å². The largest absolute Gasteiger partial charge is 0.486 e. The smallest absolute Gasteiger partial charge is 0.180 e. The van der Waals surface area contributed by atoms with Crippen molar-refractivity contribution in [2.75, 3.05) is 6.61 Å². The van der Waals surface area contributed by atoms with Gasteiger partial charge in [-0.25, -0.2) is 4.39 Å². The fourth-order valence-electron chi connectivity index (χ4n) is 0.964. The SMILES string of the molecule is C/C=C/COc1ccc(C#N)c(Br)c1F. The van der Waals surface area contributed by atoms with E-state index in [4.69, 9.17) is 10.00 Å². The first-order valence-electron chi connectivity index (χ1n) is 4.32. The molecule has 0 aliphatic rings. The number of allylic oxidation sites excluding steroid dienone is 1. The van der Waals surface area contributed by atoms with E-state index in [1.807, 2.05) is 19.1 Å². The van der Waals surface area contributed by atoms with Crippen molar-refractivity contribution in [3.63, 3.8) is 0 Å². The molecule has 0 saturated heterocycles. The third-order valence-electron chi connectivity index (χ3n) is 1.74. The molecule has 0 bridgehead atoms. The highest BCUT2D eigenvalue weighted by atomic mass is 79.9. The molecule has 0 atom stereocenters. The zero-order valence-electron chi connectivity index (χ0n) is 8.13. The van der Waals surface area contributed by atoms with Gasteiger partial charge in [-0.3, -0.25) is 0 Å². The third-order valence-corrected chi connectivity index (χ3v) is 2.51. The minimum atomic E-state index is -0.543. The van der Waals surface area contributed by atoms with Crippen LogP contribution in [0.25, 0.3) is 0 Å². The van der Waals surface area contributed by atoms with Gasteiger partial charge in [0, 0.05) is 0 Å². The molecule has 1 aromatic carbocycles. The number of nitrogens with zero attached hydrogens (tertiary/aromatic N) is 1. The summed E-state index contributed by atoms with van der Waals surface area (Å²) in [7, 11) is 0. The lowest BCUT2D eigenvalue weighted by atomic mass is 10.2. The number of hydrogen-bond donors (Lipinski definition) is 0. The minimum absolute atomic E-state index is 0.138. The lowest BCUT2D eigenvalue weighted by Gasteiger charge is -2.06. The number of benzene rings is 1. The highest BCUT2D eigenvalue weighted by molar-refractivity contribution is 9.10. The van der Waals surface area contributed by atoms with E-state index < -0.39 is 5.82 Å². The van der Waals surface area contributed by atoms with Crippen molar-refractivity contribution in [2.24, 2.45) is 0 Å². The summed E-state index contributed by atoms with van der Waals surface area (Å²) in [6.45, 7) is 2.17. The summed E-state index contributed by atoms with van der Waals surface area (Å²) in [6.07, 6.45) is 3.59. The van der Waals surface area contributed by atoms with Crippen LogP contribution < -0.4 is 4.74 Å². The van der Waals surface area contributed by atoms with Crippen molar-refractivity contribution < 1.29 is 9.13 Å². The van der Waals surface area contributed by atoms with Gasteiger partial charge in [-0.15, -0.1) is 0 Å². The van der Waals surface area contributed by atoms with E-state index in [1.165, 1.54) is 12.1 Å². The van der Waals surface area contributed by atoms with Gasteiger partial charge in [-0.1, -0.05) is 12.2 Å². The second kappa shape index (κ2) is 5.52. The molecule has 0 saturated carbocycles. The lowest BCUT2D eigenvalue weighted by molar-refractivity contribution is 0.340. The molecule has 15 heavy (non-hydrogen) atoms. The van der Waals surface area contributed by atoms with E-state index in [0.717, 1.165) is 0 Å². The van der Waals surface area contributed by atoms with Crippen molar-refractivity contribution in [2.45, 2.75) is 6.92 Å². The first kappa shape index (κ1) is 11.7. The molecule has 1 aromatic rings. The molecular formula is C11H9BrFNO. The number of ether oxygens (including phenoxy) is 1. The summed E-state index contributed by atoms with van der Waals surface area (Å²) in [5, 5.41) is 8.65. The topological polar surface area (TPSA) is 33.0 Å². The van der Waals surface area contributed by atoms with Crippen LogP contribution in [0.15, 0.2) is 28.8 Å². The average Bonchev–Trinajstić information content (AvgIpc) is 2.25. The summed E-state index contributed by atoms with van der Waals surface area (Å²) in [5.74, 6) is -0.405. The maximum Gasteiger partial charge on any atom is 0.180 e. The van der Waals surface area contributed by atoms with Gasteiger partial charge >= 0.3 is 0 Å². The van der Waals surface area contributed by atoms with E-state index in [-0.39, 0.29) is 15.8 Å². The average molecular weight is 270 g/mol. The van der Waals surface area contributed by atoms with E-state index in [0.29, 0.717) is 6.61 Å². The molecule has 78 valence electrons. The second-order valence-corrected chi connectivity index (χ2v) is 3.52. The Morgan fingerprint density at radius 2 is 2.33 bits per heavy atom. The minimum Gasteiger partial charge on any atom is -0.486 e. The molecule has 0 aliphatic carbocycles. The summed E-state index contributed by atoms with van der Waals surface area (Å²) >= 11 is 3.00. The first-order valence-corrected chi connectivity index (χ1v) is 5.12. The molecular weight excluding hydrogens is 261 g/mol. The molecule has 0 heterocycles. The van der Waals surface area contributed by atoms with Gasteiger partial charge in [0.15, 0.2) is 11.6 Å². The maximum absolute atomic E-state index is 13.5. The summed E-state index contributed by atoms with van der Waals surface area (Å²) in [5.41, 5.74) is 0.255. The van der Waals surface area contributed by atoms with Crippen LogP contribution >= 0.6 is 15.9 Å². The highest BCUT2D eigenvalue weighted by Crippen LogP contribution is 2.28. The van der Waals surface area contributed by atoms with Gasteiger partial charge in [0.1, 0.15) is 12.7 Å². The zero-order chi connectivity index (χ0) is 11.3. The Bertz CT molecular complexity index is 423. The Hall–Kier alpha value is -1.34. The summed E-state index contributed by atoms with van der Waals surface area (Å²) in [6, 6.07) is 4.83. The van der Waals surface area contributed by atoms with Gasteiger partial charge in [-0.05, 0) is 35.0 Å². The van der Waals surface area contributed by atoms with Crippen LogP contribution in [0.3, 0.4) is 0 Å². The standard InChI is InChI=1S/C11H9BrFNO/c1-2-3-6-15-9-5-4-8(7-14)10(12)11(9)13/h2-5H,6H2,1H3/b3-2+. The first-order chi connectivity index (χ1) is 7.20. The Morgan fingerprint density at radius 3 is 2.93 bits per heavy atom. The van der Waals surface area contributed by atoms with Gasteiger partial charge in [0.05, 0.1) is 10.0 Å². The van der Waals surface area contributed by atoms with E-state index in [2.05, 4.69) is 15.9 Å². The number of halogens is 2. The van der Waals surface area contributed by atoms with Gasteiger partial charge < -0.3 is 4.74 Å². The van der Waals surface area contributed by atoms with Crippen molar-refractivity contribution in [3.05, 3.63) is 40.1 Å². The maximum atomic E-state index is 13.5.